The molecule has 0 aliphatic carbocycles. The fourth-order valence-corrected chi connectivity index (χ4v) is 3.10. The maximum Gasteiger partial charge on any atom is 0.127 e. The minimum Gasteiger partial charge on any atom is -0.310 e. The van der Waals surface area contributed by atoms with Gasteiger partial charge in [-0.25, -0.2) is 4.39 Å². The van der Waals surface area contributed by atoms with Crippen molar-refractivity contribution in [3.8, 4) is 0 Å². The Labute approximate surface area is 128 Å². The van der Waals surface area contributed by atoms with Crippen molar-refractivity contribution in [2.24, 2.45) is 5.41 Å². The van der Waals surface area contributed by atoms with E-state index in [1.807, 2.05) is 12.1 Å². The van der Waals surface area contributed by atoms with E-state index in [0.717, 1.165) is 37.3 Å². The fourth-order valence-electron chi connectivity index (χ4n) is 3.10. The molecule has 2 nitrogen and oxygen atoms in total. The molecule has 2 rings (SSSR count). The predicted molar refractivity (Wildman–Crippen MR) is 86.7 cm³/mol. The summed E-state index contributed by atoms with van der Waals surface area (Å²) in [6, 6.07) is 5.96. The lowest BCUT2D eigenvalue weighted by Gasteiger charge is -2.38. The van der Waals surface area contributed by atoms with Crippen LogP contribution >= 0.6 is 0 Å². The number of benzene rings is 1. The molecule has 1 aliphatic rings. The van der Waals surface area contributed by atoms with Gasteiger partial charge in [-0.05, 0) is 36.4 Å². The Bertz CT molecular complexity index is 468. The average molecular weight is 292 g/mol. The Morgan fingerprint density at radius 1 is 1.33 bits per heavy atom. The Kier molecular flexibility index (Phi) is 5.39. The Morgan fingerprint density at radius 3 is 2.76 bits per heavy atom. The highest BCUT2D eigenvalue weighted by atomic mass is 19.1. The van der Waals surface area contributed by atoms with E-state index in [2.05, 4.69) is 37.9 Å². The van der Waals surface area contributed by atoms with Gasteiger partial charge < -0.3 is 5.32 Å². The van der Waals surface area contributed by atoms with Gasteiger partial charge in [0.2, 0.25) is 0 Å². The standard InChI is InChI=1S/C18H29FN2/c1-14(2)20-11-15-6-7-17(19)16(10-15)12-21-9-5-8-18(3,4)13-21/h6-7,10,14,20H,5,8-9,11-13H2,1-4H3. The zero-order valence-corrected chi connectivity index (χ0v) is 13.9. The van der Waals surface area contributed by atoms with Gasteiger partial charge in [0.15, 0.2) is 0 Å². The van der Waals surface area contributed by atoms with Crippen LogP contribution in [0.3, 0.4) is 0 Å². The van der Waals surface area contributed by atoms with E-state index in [0.29, 0.717) is 11.5 Å². The molecule has 1 N–H and O–H groups in total. The summed E-state index contributed by atoms with van der Waals surface area (Å²) in [5, 5.41) is 3.39. The Hall–Kier alpha value is -0.930. The normalized spacial score (nSPS) is 19.1. The molecular weight excluding hydrogens is 263 g/mol. The van der Waals surface area contributed by atoms with E-state index in [9.17, 15) is 4.39 Å². The minimum absolute atomic E-state index is 0.0772. The monoisotopic (exact) mass is 292 g/mol. The van der Waals surface area contributed by atoms with Crippen molar-refractivity contribution < 1.29 is 4.39 Å². The van der Waals surface area contributed by atoms with Crippen LogP contribution in [0.15, 0.2) is 18.2 Å². The van der Waals surface area contributed by atoms with Crippen molar-refractivity contribution in [3.63, 3.8) is 0 Å². The molecule has 1 fully saturated rings. The van der Waals surface area contributed by atoms with Crippen LogP contribution in [0.4, 0.5) is 4.39 Å². The maximum absolute atomic E-state index is 14.1. The second kappa shape index (κ2) is 6.89. The first-order valence-corrected chi connectivity index (χ1v) is 8.09. The van der Waals surface area contributed by atoms with Gasteiger partial charge in [0.05, 0.1) is 0 Å². The van der Waals surface area contributed by atoms with E-state index in [-0.39, 0.29) is 5.82 Å². The van der Waals surface area contributed by atoms with E-state index in [1.165, 1.54) is 12.8 Å². The topological polar surface area (TPSA) is 15.3 Å². The summed E-state index contributed by atoms with van der Waals surface area (Å²) in [5.41, 5.74) is 2.35. The molecule has 0 saturated carbocycles. The SMILES string of the molecule is CC(C)NCc1ccc(F)c(CN2CCCC(C)(C)C2)c1. The summed E-state index contributed by atoms with van der Waals surface area (Å²) in [7, 11) is 0. The third-order valence-electron chi connectivity index (χ3n) is 4.20. The van der Waals surface area contributed by atoms with E-state index >= 15 is 0 Å². The fraction of sp³-hybridized carbons (Fsp3) is 0.667. The molecule has 1 aliphatic heterocycles. The number of likely N-dealkylation sites (tertiary alicyclic amines) is 1. The Balaban J connectivity index is 2.03. The molecule has 1 saturated heterocycles. The first-order chi connectivity index (χ1) is 9.85. The first kappa shape index (κ1) is 16.4. The van der Waals surface area contributed by atoms with Gasteiger partial charge in [-0.15, -0.1) is 0 Å². The van der Waals surface area contributed by atoms with E-state index in [4.69, 9.17) is 0 Å². The average Bonchev–Trinajstić information content (AvgIpc) is 2.38. The molecule has 0 radical (unpaired) electrons. The van der Waals surface area contributed by atoms with Crippen molar-refractivity contribution in [1.29, 1.82) is 0 Å². The lowest BCUT2D eigenvalue weighted by atomic mass is 9.84. The molecule has 0 spiro atoms. The van der Waals surface area contributed by atoms with Crippen molar-refractivity contribution in [2.75, 3.05) is 13.1 Å². The third kappa shape index (κ3) is 5.08. The molecular formula is C18H29FN2. The number of nitrogens with one attached hydrogen (secondary N) is 1. The zero-order valence-electron chi connectivity index (χ0n) is 13.9. The molecule has 3 heteroatoms. The second-order valence-electron chi connectivity index (χ2n) is 7.44. The summed E-state index contributed by atoms with van der Waals surface area (Å²) >= 11 is 0. The largest absolute Gasteiger partial charge is 0.310 e. The maximum atomic E-state index is 14.1. The van der Waals surface area contributed by atoms with Crippen LogP contribution in [-0.2, 0) is 13.1 Å². The van der Waals surface area contributed by atoms with Crippen molar-refractivity contribution in [3.05, 3.63) is 35.1 Å². The summed E-state index contributed by atoms with van der Waals surface area (Å²) in [6.07, 6.45) is 2.48. The molecule has 0 bridgehead atoms. The number of hydrogen-bond donors (Lipinski definition) is 1. The number of hydrogen-bond acceptors (Lipinski definition) is 2. The van der Waals surface area contributed by atoms with Crippen LogP contribution in [0.5, 0.6) is 0 Å². The van der Waals surface area contributed by atoms with E-state index < -0.39 is 0 Å². The molecule has 118 valence electrons. The first-order valence-electron chi connectivity index (χ1n) is 8.09. The zero-order chi connectivity index (χ0) is 15.5. The number of piperidine rings is 1. The van der Waals surface area contributed by atoms with Crippen molar-refractivity contribution in [2.45, 2.75) is 59.7 Å². The predicted octanol–water partition coefficient (Wildman–Crippen LogP) is 3.95. The van der Waals surface area contributed by atoms with Crippen LogP contribution in [0.1, 0.15) is 51.7 Å². The van der Waals surface area contributed by atoms with Gasteiger partial charge >= 0.3 is 0 Å². The highest BCUT2D eigenvalue weighted by Crippen LogP contribution is 2.29. The highest BCUT2D eigenvalue weighted by molar-refractivity contribution is 5.25. The number of nitrogens with zero attached hydrogens (tertiary/aromatic N) is 1. The smallest absolute Gasteiger partial charge is 0.127 e. The molecule has 21 heavy (non-hydrogen) atoms. The van der Waals surface area contributed by atoms with Gasteiger partial charge in [-0.3, -0.25) is 4.90 Å². The molecule has 0 amide bonds. The molecule has 0 aromatic heterocycles. The van der Waals surface area contributed by atoms with Crippen LogP contribution in [-0.4, -0.2) is 24.0 Å². The molecule has 1 aromatic carbocycles. The van der Waals surface area contributed by atoms with Crippen molar-refractivity contribution in [1.82, 2.24) is 10.2 Å². The third-order valence-corrected chi connectivity index (χ3v) is 4.20. The minimum atomic E-state index is -0.0772. The molecule has 0 atom stereocenters. The highest BCUT2D eigenvalue weighted by Gasteiger charge is 2.26. The van der Waals surface area contributed by atoms with Gasteiger partial charge in [0.25, 0.3) is 0 Å². The van der Waals surface area contributed by atoms with E-state index in [1.54, 1.807) is 6.07 Å². The molecule has 1 aromatic rings. The quantitative estimate of drug-likeness (QED) is 0.884. The lowest BCUT2D eigenvalue weighted by Crippen LogP contribution is -2.39. The van der Waals surface area contributed by atoms with Gasteiger partial charge in [0, 0.05) is 31.2 Å². The summed E-state index contributed by atoms with van der Waals surface area (Å²) < 4.78 is 14.1. The Morgan fingerprint density at radius 2 is 2.10 bits per heavy atom. The van der Waals surface area contributed by atoms with Gasteiger partial charge in [-0.2, -0.15) is 0 Å². The van der Waals surface area contributed by atoms with Crippen molar-refractivity contribution >= 4 is 0 Å². The van der Waals surface area contributed by atoms with Crippen LogP contribution in [0.25, 0.3) is 0 Å². The number of rotatable bonds is 5. The van der Waals surface area contributed by atoms with Crippen LogP contribution in [0, 0.1) is 11.2 Å². The number of halogens is 1. The second-order valence-corrected chi connectivity index (χ2v) is 7.44. The summed E-state index contributed by atoms with van der Waals surface area (Å²) in [4.78, 5) is 2.39. The van der Waals surface area contributed by atoms with Crippen LogP contribution < -0.4 is 5.32 Å². The summed E-state index contributed by atoms with van der Waals surface area (Å²) in [6.45, 7) is 12.5. The summed E-state index contributed by atoms with van der Waals surface area (Å²) in [5.74, 6) is -0.0772. The van der Waals surface area contributed by atoms with Gasteiger partial charge in [0.1, 0.15) is 5.82 Å². The van der Waals surface area contributed by atoms with Gasteiger partial charge in [-0.1, -0.05) is 39.8 Å². The lowest BCUT2D eigenvalue weighted by molar-refractivity contribution is 0.110. The molecule has 0 unspecified atom stereocenters. The molecule has 1 heterocycles. The van der Waals surface area contributed by atoms with Crippen LogP contribution in [0.2, 0.25) is 0 Å².